The molecule has 0 bridgehead atoms. The van der Waals surface area contributed by atoms with E-state index in [4.69, 9.17) is 10.8 Å². The summed E-state index contributed by atoms with van der Waals surface area (Å²) in [5.41, 5.74) is 5.46. The van der Waals surface area contributed by atoms with Gasteiger partial charge in [0.2, 0.25) is 10.0 Å². The van der Waals surface area contributed by atoms with E-state index in [1.54, 1.807) is 4.68 Å². The Labute approximate surface area is 126 Å². The van der Waals surface area contributed by atoms with Gasteiger partial charge in [-0.3, -0.25) is 4.68 Å². The smallest absolute Gasteiger partial charge is 0.245 e. The molecule has 0 saturated heterocycles. The summed E-state index contributed by atoms with van der Waals surface area (Å²) in [7, 11) is -3.67. The number of rotatable bonds is 9. The van der Waals surface area contributed by atoms with E-state index in [1.165, 1.54) is 6.20 Å². The van der Waals surface area contributed by atoms with Gasteiger partial charge in [-0.2, -0.15) is 5.10 Å². The van der Waals surface area contributed by atoms with Crippen molar-refractivity contribution in [1.82, 2.24) is 14.5 Å². The highest BCUT2D eigenvalue weighted by atomic mass is 32.2. The van der Waals surface area contributed by atoms with Crippen LogP contribution < -0.4 is 10.5 Å². The van der Waals surface area contributed by atoms with Gasteiger partial charge < -0.3 is 10.8 Å². The molecule has 1 heterocycles. The highest BCUT2D eigenvalue weighted by Gasteiger charge is 2.25. The molecule has 0 spiro atoms. The lowest BCUT2D eigenvalue weighted by molar-refractivity contribution is 0.242. The maximum atomic E-state index is 12.3. The van der Waals surface area contributed by atoms with E-state index in [1.807, 2.05) is 20.8 Å². The molecule has 0 fully saturated rings. The van der Waals surface area contributed by atoms with Crippen molar-refractivity contribution < 1.29 is 13.5 Å². The topological polar surface area (TPSA) is 110 Å². The number of aliphatic hydroxyl groups excluding tert-OH is 1. The molecule has 0 unspecified atom stereocenters. The number of nitrogens with two attached hydrogens (primary N) is 1. The average Bonchev–Trinajstić information content (AvgIpc) is 2.77. The lowest BCUT2D eigenvalue weighted by Crippen LogP contribution is -2.34. The van der Waals surface area contributed by atoms with Crippen LogP contribution in [-0.2, 0) is 16.6 Å². The molecule has 1 aromatic heterocycles. The van der Waals surface area contributed by atoms with Gasteiger partial charge in [-0.05, 0) is 24.7 Å². The maximum absolute atomic E-state index is 12.3. The normalized spacial score (nSPS) is 12.8. The van der Waals surface area contributed by atoms with Crippen LogP contribution in [-0.4, -0.2) is 36.5 Å². The Kier molecular flexibility index (Phi) is 6.18. The molecular formula is C13H26N4O3S. The summed E-state index contributed by atoms with van der Waals surface area (Å²) < 4.78 is 28.7. The molecule has 8 heteroatoms. The van der Waals surface area contributed by atoms with Crippen molar-refractivity contribution in [3.05, 3.63) is 6.20 Å². The second-order valence-electron chi connectivity index (χ2n) is 5.96. The van der Waals surface area contributed by atoms with Crippen molar-refractivity contribution in [3.8, 4) is 0 Å². The Morgan fingerprint density at radius 1 is 1.48 bits per heavy atom. The van der Waals surface area contributed by atoms with Gasteiger partial charge in [0.15, 0.2) is 5.82 Å². The predicted molar refractivity (Wildman–Crippen MR) is 82.2 cm³/mol. The Balaban J connectivity index is 2.77. The molecule has 21 heavy (non-hydrogen) atoms. The number of nitrogens with one attached hydrogen (secondary N) is 1. The van der Waals surface area contributed by atoms with Gasteiger partial charge in [-0.15, -0.1) is 0 Å². The summed E-state index contributed by atoms with van der Waals surface area (Å²) in [6.07, 6.45) is 3.69. The van der Waals surface area contributed by atoms with Gasteiger partial charge >= 0.3 is 0 Å². The second kappa shape index (κ2) is 7.24. The number of aryl methyl sites for hydroxylation is 1. The van der Waals surface area contributed by atoms with Crippen LogP contribution in [0.3, 0.4) is 0 Å². The monoisotopic (exact) mass is 318 g/mol. The fourth-order valence-corrected chi connectivity index (χ4v) is 3.30. The maximum Gasteiger partial charge on any atom is 0.245 e. The minimum atomic E-state index is -3.67. The first-order chi connectivity index (χ1) is 9.72. The fraction of sp³-hybridized carbons (Fsp3) is 0.769. The first-order valence-corrected chi connectivity index (χ1v) is 8.63. The SMILES string of the molecule is CCCn1cc(S(=O)(=O)NCC(C)(C)CCCO)c(N)n1. The van der Waals surface area contributed by atoms with E-state index in [-0.39, 0.29) is 29.3 Å². The van der Waals surface area contributed by atoms with Crippen LogP contribution in [0.25, 0.3) is 0 Å². The van der Waals surface area contributed by atoms with Crippen LogP contribution in [0.5, 0.6) is 0 Å². The molecule has 0 aliphatic carbocycles. The van der Waals surface area contributed by atoms with Gasteiger partial charge in [0.05, 0.1) is 0 Å². The number of hydrogen-bond acceptors (Lipinski definition) is 5. The van der Waals surface area contributed by atoms with Crippen molar-refractivity contribution in [2.45, 2.75) is 51.5 Å². The lowest BCUT2D eigenvalue weighted by Gasteiger charge is -2.24. The number of hydrogen-bond donors (Lipinski definition) is 3. The number of nitrogen functional groups attached to an aromatic ring is 1. The highest BCUT2D eigenvalue weighted by molar-refractivity contribution is 7.89. The Hall–Kier alpha value is -1.12. The zero-order valence-electron chi connectivity index (χ0n) is 13.0. The molecule has 0 aromatic carbocycles. The third-order valence-electron chi connectivity index (χ3n) is 3.25. The van der Waals surface area contributed by atoms with Gasteiger partial charge in [0.1, 0.15) is 4.90 Å². The van der Waals surface area contributed by atoms with E-state index in [0.29, 0.717) is 13.0 Å². The molecule has 1 aromatic rings. The molecule has 0 atom stereocenters. The van der Waals surface area contributed by atoms with Gasteiger partial charge in [0, 0.05) is 25.9 Å². The Morgan fingerprint density at radius 2 is 2.14 bits per heavy atom. The van der Waals surface area contributed by atoms with Crippen LogP contribution in [0.1, 0.15) is 40.0 Å². The molecule has 0 saturated carbocycles. The van der Waals surface area contributed by atoms with Crippen molar-refractivity contribution >= 4 is 15.8 Å². The summed E-state index contributed by atoms with van der Waals surface area (Å²) in [6, 6.07) is 0. The van der Waals surface area contributed by atoms with Crippen LogP contribution in [0, 0.1) is 5.41 Å². The number of aliphatic hydroxyl groups is 1. The third-order valence-corrected chi connectivity index (χ3v) is 4.67. The van der Waals surface area contributed by atoms with Crippen molar-refractivity contribution in [2.24, 2.45) is 5.41 Å². The van der Waals surface area contributed by atoms with Crippen LogP contribution in [0.2, 0.25) is 0 Å². The summed E-state index contributed by atoms with van der Waals surface area (Å²) in [4.78, 5) is 0.0221. The van der Waals surface area contributed by atoms with Crippen molar-refractivity contribution in [3.63, 3.8) is 0 Å². The first kappa shape index (κ1) is 17.9. The van der Waals surface area contributed by atoms with Gasteiger partial charge in [0.25, 0.3) is 0 Å². The zero-order chi connectivity index (χ0) is 16.1. The molecule has 0 amide bonds. The fourth-order valence-electron chi connectivity index (χ4n) is 1.98. The Morgan fingerprint density at radius 3 is 2.71 bits per heavy atom. The minimum absolute atomic E-state index is 0.0177. The summed E-state index contributed by atoms with van der Waals surface area (Å²) in [6.45, 7) is 6.90. The molecule has 0 radical (unpaired) electrons. The van der Waals surface area contributed by atoms with Crippen molar-refractivity contribution in [1.29, 1.82) is 0 Å². The molecule has 4 N–H and O–H groups in total. The standard InChI is InChI=1S/C13H26N4O3S/c1-4-7-17-9-11(12(14)16-17)21(19,20)15-10-13(2,3)6-5-8-18/h9,15,18H,4-8,10H2,1-3H3,(H2,14,16). The minimum Gasteiger partial charge on any atom is -0.396 e. The van der Waals surface area contributed by atoms with E-state index in [2.05, 4.69) is 9.82 Å². The van der Waals surface area contributed by atoms with E-state index in [9.17, 15) is 8.42 Å². The summed E-state index contributed by atoms with van der Waals surface area (Å²) in [5.74, 6) is 0.0177. The van der Waals surface area contributed by atoms with E-state index < -0.39 is 10.0 Å². The largest absolute Gasteiger partial charge is 0.396 e. The van der Waals surface area contributed by atoms with Gasteiger partial charge in [-0.1, -0.05) is 20.8 Å². The number of aromatic nitrogens is 2. The summed E-state index contributed by atoms with van der Waals surface area (Å²) >= 11 is 0. The lowest BCUT2D eigenvalue weighted by atomic mass is 9.88. The molecule has 0 aliphatic rings. The van der Waals surface area contributed by atoms with Crippen LogP contribution in [0.15, 0.2) is 11.1 Å². The zero-order valence-corrected chi connectivity index (χ0v) is 13.8. The predicted octanol–water partition coefficient (Wildman–Crippen LogP) is 0.952. The molecule has 0 aliphatic heterocycles. The number of nitrogens with zero attached hydrogens (tertiary/aromatic N) is 2. The van der Waals surface area contributed by atoms with E-state index in [0.717, 1.165) is 12.8 Å². The first-order valence-electron chi connectivity index (χ1n) is 7.15. The molecule has 1 rings (SSSR count). The van der Waals surface area contributed by atoms with E-state index >= 15 is 0 Å². The second-order valence-corrected chi connectivity index (χ2v) is 7.69. The number of anilines is 1. The summed E-state index contributed by atoms with van der Waals surface area (Å²) in [5, 5.41) is 12.9. The molecule has 122 valence electrons. The number of sulfonamides is 1. The Bertz CT molecular complexity index is 552. The van der Waals surface area contributed by atoms with Crippen LogP contribution >= 0.6 is 0 Å². The highest BCUT2D eigenvalue weighted by Crippen LogP contribution is 2.23. The average molecular weight is 318 g/mol. The van der Waals surface area contributed by atoms with Crippen LogP contribution in [0.4, 0.5) is 5.82 Å². The van der Waals surface area contributed by atoms with Gasteiger partial charge in [-0.25, -0.2) is 13.1 Å². The molecule has 7 nitrogen and oxygen atoms in total. The molecular weight excluding hydrogens is 292 g/mol. The quantitative estimate of drug-likeness (QED) is 0.628. The van der Waals surface area contributed by atoms with Crippen molar-refractivity contribution in [2.75, 3.05) is 18.9 Å². The third kappa shape index (κ3) is 5.29.